The number of aromatic nitrogens is 2. The Morgan fingerprint density at radius 3 is 2.52 bits per heavy atom. The Kier molecular flexibility index (Phi) is 2.98. The van der Waals surface area contributed by atoms with Crippen LogP contribution in [-0.4, -0.2) is 31.7 Å². The number of hydrogen-bond donors (Lipinski definition) is 1. The van der Waals surface area contributed by atoms with Crippen LogP contribution in [0.15, 0.2) is 24.3 Å². The van der Waals surface area contributed by atoms with E-state index in [0.717, 1.165) is 16.6 Å². The summed E-state index contributed by atoms with van der Waals surface area (Å²) in [5.41, 5.74) is 0.211. The molecule has 1 atom stereocenters. The van der Waals surface area contributed by atoms with E-state index in [1.54, 1.807) is 0 Å². The van der Waals surface area contributed by atoms with Gasteiger partial charge in [0.25, 0.3) is 0 Å². The van der Waals surface area contributed by atoms with Gasteiger partial charge in [-0.1, -0.05) is 18.2 Å². The zero-order chi connectivity index (χ0) is 15.5. The van der Waals surface area contributed by atoms with Gasteiger partial charge in [-0.05, 0) is 33.8 Å². The lowest BCUT2D eigenvalue weighted by Gasteiger charge is -2.34. The number of fused-ring (bicyclic) bond motifs is 1. The minimum atomic E-state index is -0.909. The topological polar surface area (TPSA) is 47.3 Å². The molecule has 0 spiro atoms. The number of hydrogen-bond acceptors (Lipinski definition) is 3. The van der Waals surface area contributed by atoms with Gasteiger partial charge in [0.05, 0.1) is 22.4 Å². The predicted octanol–water partition coefficient (Wildman–Crippen LogP) is 2.82. The molecule has 4 nitrogen and oxygen atoms in total. The van der Waals surface area contributed by atoms with Crippen molar-refractivity contribution in [1.82, 2.24) is 9.78 Å². The van der Waals surface area contributed by atoms with Crippen LogP contribution in [0.25, 0.3) is 10.9 Å². The Bertz CT molecular complexity index is 687. The van der Waals surface area contributed by atoms with E-state index in [-0.39, 0.29) is 5.60 Å². The summed E-state index contributed by atoms with van der Waals surface area (Å²) in [6.45, 7) is 7.99. The smallest absolute Gasteiger partial charge is 0.101 e. The fourth-order valence-electron chi connectivity index (χ4n) is 3.71. The van der Waals surface area contributed by atoms with Crippen LogP contribution in [0.4, 0.5) is 0 Å². The Labute approximate surface area is 125 Å². The van der Waals surface area contributed by atoms with E-state index in [2.05, 4.69) is 17.2 Å². The molecule has 3 rings (SSSR count). The summed E-state index contributed by atoms with van der Waals surface area (Å²) in [4.78, 5) is 0. The molecular formula is C17H24N2O2. The van der Waals surface area contributed by atoms with E-state index >= 15 is 0 Å². The van der Waals surface area contributed by atoms with E-state index < -0.39 is 11.2 Å². The number of benzene rings is 1. The summed E-state index contributed by atoms with van der Waals surface area (Å²) in [6, 6.07) is 8.14. The summed E-state index contributed by atoms with van der Waals surface area (Å²) in [5, 5.41) is 16.9. The summed E-state index contributed by atoms with van der Waals surface area (Å²) < 4.78 is 7.94. The summed E-state index contributed by atoms with van der Waals surface area (Å²) in [6.07, 6.45) is 1.11. The second-order valence-electron chi connectivity index (χ2n) is 7.34. The summed E-state index contributed by atoms with van der Waals surface area (Å²) >= 11 is 0. The van der Waals surface area contributed by atoms with Crippen molar-refractivity contribution >= 4 is 10.9 Å². The molecule has 1 fully saturated rings. The molecule has 1 aromatic carbocycles. The highest BCUT2D eigenvalue weighted by Gasteiger charge is 2.56. The number of para-hydroxylation sites is 1. The van der Waals surface area contributed by atoms with Crippen molar-refractivity contribution in [3.8, 4) is 0 Å². The Balaban J connectivity index is 2.02. The second-order valence-corrected chi connectivity index (χ2v) is 7.34. The third-order valence-electron chi connectivity index (χ3n) is 4.66. The van der Waals surface area contributed by atoms with Gasteiger partial charge in [0.1, 0.15) is 5.60 Å². The number of aryl methyl sites for hydroxylation is 1. The van der Waals surface area contributed by atoms with Gasteiger partial charge < -0.3 is 9.84 Å². The van der Waals surface area contributed by atoms with Gasteiger partial charge >= 0.3 is 0 Å². The van der Waals surface area contributed by atoms with Crippen molar-refractivity contribution in [2.24, 2.45) is 7.05 Å². The molecule has 21 heavy (non-hydrogen) atoms. The molecule has 0 bridgehead atoms. The molecule has 4 heteroatoms. The van der Waals surface area contributed by atoms with E-state index in [4.69, 9.17) is 4.74 Å². The fourth-order valence-corrected chi connectivity index (χ4v) is 3.71. The van der Waals surface area contributed by atoms with Crippen LogP contribution in [0.2, 0.25) is 0 Å². The third-order valence-corrected chi connectivity index (χ3v) is 4.66. The maximum absolute atomic E-state index is 11.2. The van der Waals surface area contributed by atoms with Gasteiger partial charge in [-0.2, -0.15) is 5.10 Å². The lowest BCUT2D eigenvalue weighted by Crippen LogP contribution is -2.48. The molecule has 114 valence electrons. The minimum Gasteiger partial charge on any atom is -0.386 e. The first kappa shape index (κ1) is 14.5. The predicted molar refractivity (Wildman–Crippen MR) is 83.2 cm³/mol. The number of aliphatic hydroxyl groups is 1. The molecule has 1 N–H and O–H groups in total. The monoisotopic (exact) mass is 288 g/mol. The van der Waals surface area contributed by atoms with Crippen molar-refractivity contribution in [2.45, 2.75) is 57.3 Å². The van der Waals surface area contributed by atoms with Crippen molar-refractivity contribution in [2.75, 3.05) is 0 Å². The quantitative estimate of drug-likeness (QED) is 0.924. The van der Waals surface area contributed by atoms with Crippen molar-refractivity contribution in [3.63, 3.8) is 0 Å². The number of nitrogens with zero attached hydrogens (tertiary/aromatic N) is 2. The molecular weight excluding hydrogens is 264 g/mol. The normalized spacial score (nSPS) is 27.3. The molecule has 1 unspecified atom stereocenters. The van der Waals surface area contributed by atoms with Crippen molar-refractivity contribution in [1.29, 1.82) is 0 Å². The zero-order valence-corrected chi connectivity index (χ0v) is 13.5. The molecule has 0 saturated carbocycles. The molecule has 1 aliphatic heterocycles. The highest BCUT2D eigenvalue weighted by Crippen LogP contribution is 2.46. The number of ether oxygens (including phenoxy) is 1. The van der Waals surface area contributed by atoms with E-state index in [9.17, 15) is 5.11 Å². The Morgan fingerprint density at radius 2 is 1.90 bits per heavy atom. The van der Waals surface area contributed by atoms with Crippen LogP contribution in [0, 0.1) is 0 Å². The van der Waals surface area contributed by atoms with Gasteiger partial charge in [0.2, 0.25) is 0 Å². The third kappa shape index (κ3) is 2.27. The SMILES string of the molecule is Cn1nc(CC2(O)CC(C)(C)OC2(C)C)c2ccccc21. The van der Waals surface area contributed by atoms with Gasteiger partial charge in [0.15, 0.2) is 0 Å². The molecule has 0 radical (unpaired) electrons. The first-order valence-electron chi connectivity index (χ1n) is 7.47. The van der Waals surface area contributed by atoms with Gasteiger partial charge in [-0.15, -0.1) is 0 Å². The molecule has 1 aromatic heterocycles. The molecule has 2 heterocycles. The van der Waals surface area contributed by atoms with Crippen LogP contribution in [0.5, 0.6) is 0 Å². The van der Waals surface area contributed by atoms with Gasteiger partial charge in [0, 0.05) is 25.3 Å². The lowest BCUT2D eigenvalue weighted by molar-refractivity contribution is -0.126. The minimum absolute atomic E-state index is 0.317. The zero-order valence-electron chi connectivity index (χ0n) is 13.5. The van der Waals surface area contributed by atoms with Crippen LogP contribution >= 0.6 is 0 Å². The summed E-state index contributed by atoms with van der Waals surface area (Å²) in [5.74, 6) is 0. The van der Waals surface area contributed by atoms with E-state index in [1.807, 2.05) is 51.6 Å². The van der Waals surface area contributed by atoms with Crippen LogP contribution in [0.1, 0.15) is 39.8 Å². The average Bonchev–Trinajstić information content (AvgIpc) is 2.72. The Morgan fingerprint density at radius 1 is 1.24 bits per heavy atom. The molecule has 0 amide bonds. The first-order valence-corrected chi connectivity index (χ1v) is 7.47. The highest BCUT2D eigenvalue weighted by atomic mass is 16.5. The molecule has 0 aliphatic carbocycles. The van der Waals surface area contributed by atoms with Crippen molar-refractivity contribution < 1.29 is 9.84 Å². The van der Waals surface area contributed by atoms with E-state index in [0.29, 0.717) is 12.8 Å². The van der Waals surface area contributed by atoms with Gasteiger partial charge in [-0.25, -0.2) is 0 Å². The molecule has 1 aliphatic rings. The van der Waals surface area contributed by atoms with Crippen molar-refractivity contribution in [3.05, 3.63) is 30.0 Å². The molecule has 2 aromatic rings. The van der Waals surface area contributed by atoms with E-state index in [1.165, 1.54) is 0 Å². The summed E-state index contributed by atoms with van der Waals surface area (Å²) in [7, 11) is 1.94. The maximum Gasteiger partial charge on any atom is 0.101 e. The Hall–Kier alpha value is -1.39. The number of rotatable bonds is 2. The highest BCUT2D eigenvalue weighted by molar-refractivity contribution is 5.82. The standard InChI is InChI=1S/C17H24N2O2/c1-15(2)11-17(20,16(3,4)21-15)10-13-12-8-6-7-9-14(12)19(5)18-13/h6-9,20H,10-11H2,1-5H3. The van der Waals surface area contributed by atoms with Crippen LogP contribution in [0.3, 0.4) is 0 Å². The molecule has 1 saturated heterocycles. The first-order chi connectivity index (χ1) is 9.64. The average molecular weight is 288 g/mol. The second kappa shape index (κ2) is 4.31. The maximum atomic E-state index is 11.2. The lowest BCUT2D eigenvalue weighted by atomic mass is 9.79. The van der Waals surface area contributed by atoms with Crippen LogP contribution in [-0.2, 0) is 18.2 Å². The van der Waals surface area contributed by atoms with Crippen LogP contribution < -0.4 is 0 Å². The fraction of sp³-hybridized carbons (Fsp3) is 0.588. The largest absolute Gasteiger partial charge is 0.386 e. The van der Waals surface area contributed by atoms with Gasteiger partial charge in [-0.3, -0.25) is 4.68 Å².